The topological polar surface area (TPSA) is 75.1 Å². The summed E-state index contributed by atoms with van der Waals surface area (Å²) >= 11 is 0. The Labute approximate surface area is 109 Å². The van der Waals surface area contributed by atoms with E-state index in [4.69, 9.17) is 5.11 Å². The molecule has 0 amide bonds. The predicted octanol–water partition coefficient (Wildman–Crippen LogP) is 2.49. The minimum atomic E-state index is -1.14. The van der Waals surface area contributed by atoms with Crippen LogP contribution in [-0.4, -0.2) is 21.0 Å². The zero-order valence-corrected chi connectivity index (χ0v) is 10.2. The molecule has 1 heterocycles. The first-order valence-electron chi connectivity index (χ1n) is 5.64. The number of carbonyl (C=O) groups is 1. The van der Waals surface area contributed by atoms with E-state index in [9.17, 15) is 9.18 Å². The fourth-order valence-corrected chi connectivity index (χ4v) is 1.64. The molecule has 0 bridgehead atoms. The quantitative estimate of drug-likeness (QED) is 0.884. The predicted molar refractivity (Wildman–Crippen MR) is 67.4 cm³/mol. The molecule has 1 aromatic carbocycles. The Kier molecular flexibility index (Phi) is 3.70. The van der Waals surface area contributed by atoms with Crippen molar-refractivity contribution in [2.24, 2.45) is 0 Å². The van der Waals surface area contributed by atoms with Gasteiger partial charge in [0.2, 0.25) is 0 Å². The first-order chi connectivity index (χ1) is 9.08. The monoisotopic (exact) mass is 261 g/mol. The number of halogens is 1. The summed E-state index contributed by atoms with van der Waals surface area (Å²) in [7, 11) is 0. The molecule has 0 aliphatic rings. The number of carboxylic acids is 1. The maximum absolute atomic E-state index is 13.6. The highest BCUT2D eigenvalue weighted by molar-refractivity contribution is 5.84. The van der Waals surface area contributed by atoms with Gasteiger partial charge in [-0.3, -0.25) is 0 Å². The van der Waals surface area contributed by atoms with Gasteiger partial charge in [-0.1, -0.05) is 18.2 Å². The van der Waals surface area contributed by atoms with E-state index in [0.29, 0.717) is 11.4 Å². The van der Waals surface area contributed by atoms with Crippen LogP contribution in [0.25, 0.3) is 0 Å². The first kappa shape index (κ1) is 12.9. The molecule has 0 radical (unpaired) electrons. The molecule has 1 atom stereocenters. The summed E-state index contributed by atoms with van der Waals surface area (Å²) in [6.07, 6.45) is 2.46. The zero-order valence-electron chi connectivity index (χ0n) is 10.2. The second-order valence-corrected chi connectivity index (χ2v) is 3.98. The zero-order chi connectivity index (χ0) is 13.8. The van der Waals surface area contributed by atoms with Crippen LogP contribution in [0.3, 0.4) is 0 Å². The number of rotatable bonds is 4. The van der Waals surface area contributed by atoms with Crippen molar-refractivity contribution in [3.05, 3.63) is 53.7 Å². The van der Waals surface area contributed by atoms with E-state index in [1.54, 1.807) is 25.1 Å². The lowest BCUT2D eigenvalue weighted by molar-refractivity contribution is 0.0690. The van der Waals surface area contributed by atoms with Crippen LogP contribution in [0, 0.1) is 5.82 Å². The molecule has 2 N–H and O–H groups in total. The van der Waals surface area contributed by atoms with Crippen LogP contribution in [0.2, 0.25) is 0 Å². The van der Waals surface area contributed by atoms with Crippen molar-refractivity contribution < 1.29 is 14.3 Å². The molecule has 5 nitrogen and oxygen atoms in total. The third-order valence-electron chi connectivity index (χ3n) is 2.61. The number of nitrogens with zero attached hydrogens (tertiary/aromatic N) is 2. The number of carboxylic acid groups (broad SMARTS) is 1. The molecule has 2 aromatic rings. The van der Waals surface area contributed by atoms with Crippen LogP contribution in [0.4, 0.5) is 10.2 Å². The first-order valence-corrected chi connectivity index (χ1v) is 5.64. The van der Waals surface area contributed by atoms with E-state index >= 15 is 0 Å². The highest BCUT2D eigenvalue weighted by atomic mass is 19.1. The Morgan fingerprint density at radius 1 is 1.32 bits per heavy atom. The fourth-order valence-electron chi connectivity index (χ4n) is 1.64. The van der Waals surface area contributed by atoms with Crippen LogP contribution in [0.5, 0.6) is 0 Å². The Morgan fingerprint density at radius 3 is 2.63 bits per heavy atom. The van der Waals surface area contributed by atoms with E-state index in [-0.39, 0.29) is 17.6 Å². The molecule has 0 aliphatic heterocycles. The van der Waals surface area contributed by atoms with Crippen molar-refractivity contribution in [1.29, 1.82) is 0 Å². The lowest BCUT2D eigenvalue weighted by atomic mass is 10.1. The van der Waals surface area contributed by atoms with Gasteiger partial charge in [0.25, 0.3) is 0 Å². The van der Waals surface area contributed by atoms with Gasteiger partial charge in [0.15, 0.2) is 5.69 Å². The maximum Gasteiger partial charge on any atom is 0.356 e. The van der Waals surface area contributed by atoms with Gasteiger partial charge in [0, 0.05) is 5.56 Å². The summed E-state index contributed by atoms with van der Waals surface area (Å²) in [6.45, 7) is 1.78. The van der Waals surface area contributed by atoms with Crippen LogP contribution >= 0.6 is 0 Å². The van der Waals surface area contributed by atoms with E-state index in [2.05, 4.69) is 15.3 Å². The van der Waals surface area contributed by atoms with Crippen molar-refractivity contribution >= 4 is 11.8 Å². The van der Waals surface area contributed by atoms with Crippen molar-refractivity contribution in [2.45, 2.75) is 13.0 Å². The number of nitrogens with one attached hydrogen (secondary N) is 1. The second kappa shape index (κ2) is 5.43. The molecular weight excluding hydrogens is 249 g/mol. The molecule has 0 spiro atoms. The molecular formula is C13H12FN3O2. The lowest BCUT2D eigenvalue weighted by Gasteiger charge is -2.15. The number of anilines is 1. The normalized spacial score (nSPS) is 11.9. The standard InChI is InChI=1S/C13H12FN3O2/c1-8(9-4-2-3-5-10(9)14)17-12-7-15-11(6-16-12)13(18)19/h2-8H,1H3,(H,16,17)(H,18,19). The summed E-state index contributed by atoms with van der Waals surface area (Å²) in [5, 5.41) is 11.7. The molecule has 0 saturated carbocycles. The minimum Gasteiger partial charge on any atom is -0.476 e. The van der Waals surface area contributed by atoms with Crippen LogP contribution < -0.4 is 5.32 Å². The molecule has 1 aromatic heterocycles. The molecule has 19 heavy (non-hydrogen) atoms. The molecule has 98 valence electrons. The SMILES string of the molecule is CC(Nc1cnc(C(=O)O)cn1)c1ccccc1F. The average Bonchev–Trinajstić information content (AvgIpc) is 2.39. The second-order valence-electron chi connectivity index (χ2n) is 3.98. The highest BCUT2D eigenvalue weighted by Crippen LogP contribution is 2.19. The van der Waals surface area contributed by atoms with Crippen molar-refractivity contribution in [1.82, 2.24) is 9.97 Å². The smallest absolute Gasteiger partial charge is 0.356 e. The van der Waals surface area contributed by atoms with Crippen LogP contribution in [0.15, 0.2) is 36.7 Å². The Morgan fingerprint density at radius 2 is 2.05 bits per heavy atom. The van der Waals surface area contributed by atoms with Gasteiger partial charge in [-0.25, -0.2) is 19.2 Å². The fraction of sp³-hybridized carbons (Fsp3) is 0.154. The highest BCUT2D eigenvalue weighted by Gasteiger charge is 2.11. The van der Waals surface area contributed by atoms with E-state index in [0.717, 1.165) is 6.20 Å². The minimum absolute atomic E-state index is 0.135. The molecule has 0 aliphatic carbocycles. The number of aromatic nitrogens is 2. The van der Waals surface area contributed by atoms with Gasteiger partial charge < -0.3 is 10.4 Å². The lowest BCUT2D eigenvalue weighted by Crippen LogP contribution is -2.11. The molecule has 1 unspecified atom stereocenters. The van der Waals surface area contributed by atoms with E-state index < -0.39 is 5.97 Å². The van der Waals surface area contributed by atoms with E-state index in [1.807, 2.05) is 0 Å². The summed E-state index contributed by atoms with van der Waals surface area (Å²) < 4.78 is 13.6. The molecule has 6 heteroatoms. The van der Waals surface area contributed by atoms with Gasteiger partial charge >= 0.3 is 5.97 Å². The van der Waals surface area contributed by atoms with Crippen LogP contribution in [0.1, 0.15) is 29.0 Å². The third kappa shape index (κ3) is 3.04. The number of aromatic carboxylic acids is 1. The van der Waals surface area contributed by atoms with Crippen molar-refractivity contribution in [3.8, 4) is 0 Å². The van der Waals surface area contributed by atoms with Crippen molar-refractivity contribution in [2.75, 3.05) is 5.32 Å². The summed E-state index contributed by atoms with van der Waals surface area (Å²) in [5.74, 6) is -1.06. The summed E-state index contributed by atoms with van der Waals surface area (Å²) in [5.41, 5.74) is 0.371. The average molecular weight is 261 g/mol. The molecule has 2 rings (SSSR count). The molecule has 0 fully saturated rings. The van der Waals surface area contributed by atoms with E-state index in [1.165, 1.54) is 12.3 Å². The number of hydrogen-bond donors (Lipinski definition) is 2. The van der Waals surface area contributed by atoms with Gasteiger partial charge in [0.05, 0.1) is 18.4 Å². The van der Waals surface area contributed by atoms with Crippen molar-refractivity contribution in [3.63, 3.8) is 0 Å². The maximum atomic E-state index is 13.6. The number of hydrogen-bond acceptors (Lipinski definition) is 4. The Bertz CT molecular complexity index is 587. The van der Waals surface area contributed by atoms with Gasteiger partial charge in [-0.15, -0.1) is 0 Å². The number of benzene rings is 1. The Hall–Kier alpha value is -2.50. The van der Waals surface area contributed by atoms with Gasteiger partial charge in [0.1, 0.15) is 11.6 Å². The third-order valence-corrected chi connectivity index (χ3v) is 2.61. The van der Waals surface area contributed by atoms with Gasteiger partial charge in [-0.2, -0.15) is 0 Å². The largest absolute Gasteiger partial charge is 0.476 e. The van der Waals surface area contributed by atoms with Gasteiger partial charge in [-0.05, 0) is 13.0 Å². The summed E-state index contributed by atoms with van der Waals surface area (Å²) in [6, 6.07) is 6.12. The van der Waals surface area contributed by atoms with Crippen LogP contribution in [-0.2, 0) is 0 Å². The Balaban J connectivity index is 2.13. The molecule has 0 saturated heterocycles. The summed E-state index contributed by atoms with van der Waals surface area (Å²) in [4.78, 5) is 18.3.